The van der Waals surface area contributed by atoms with Crippen LogP contribution in [0, 0.1) is 10.4 Å². The van der Waals surface area contributed by atoms with Crippen LogP contribution in [0.5, 0.6) is 0 Å². The van der Waals surface area contributed by atoms with Crippen molar-refractivity contribution in [3.05, 3.63) is 85.6 Å². The number of benzene rings is 2. The van der Waals surface area contributed by atoms with Gasteiger partial charge < -0.3 is 24.8 Å². The maximum Gasteiger partial charge on any atom is -1.00 e. The molecule has 2 aliphatic rings. The van der Waals surface area contributed by atoms with Gasteiger partial charge in [-0.3, -0.25) is 0 Å². The van der Waals surface area contributed by atoms with E-state index in [1.807, 2.05) is 0 Å². The minimum atomic E-state index is 0. The smallest absolute Gasteiger partial charge is 1.00 e. The second kappa shape index (κ2) is 8.57. The summed E-state index contributed by atoms with van der Waals surface area (Å²) in [5.74, 6) is 0. The van der Waals surface area contributed by atoms with Gasteiger partial charge in [0.05, 0.1) is 0 Å². The summed E-state index contributed by atoms with van der Waals surface area (Å²) in [6, 6.07) is 9.34. The van der Waals surface area contributed by atoms with Crippen molar-refractivity contribution in [3.8, 4) is 0 Å². The quantitative estimate of drug-likeness (QED) is 0.381. The summed E-state index contributed by atoms with van der Waals surface area (Å²) in [7, 11) is 0. The molecule has 2 aliphatic carbocycles. The van der Waals surface area contributed by atoms with Gasteiger partial charge in [-0.1, -0.05) is 0 Å². The van der Waals surface area contributed by atoms with Gasteiger partial charge in [-0.25, -0.2) is 0 Å². The normalized spacial score (nSPS) is 14.7. The van der Waals surface area contributed by atoms with Crippen LogP contribution >= 0.6 is 0 Å². The Balaban J connectivity index is 0.00000160. The van der Waals surface area contributed by atoms with Crippen LogP contribution in [0.4, 0.5) is 0 Å². The van der Waals surface area contributed by atoms with E-state index in [-0.39, 0.29) is 35.6 Å². The number of fused-ring (bicyclic) bond motifs is 2. The maximum atomic E-state index is 4.61. The molecule has 0 spiro atoms. The number of allylic oxidation sites excluding steroid dienone is 4. The van der Waals surface area contributed by atoms with Gasteiger partial charge in [-0.15, -0.1) is 0 Å². The van der Waals surface area contributed by atoms with Crippen LogP contribution in [0.2, 0.25) is 0 Å². The molecular weight excluding hydrogens is 574 g/mol. The molecule has 30 heavy (non-hydrogen) atoms. The average Bonchev–Trinajstić information content (AvgIpc) is 3.20. The molecule has 0 N–H and O–H groups in total. The molecule has 3 heteroatoms. The molecule has 0 atom stereocenters. The van der Waals surface area contributed by atoms with Gasteiger partial charge in [0.25, 0.3) is 0 Å². The van der Waals surface area contributed by atoms with Crippen LogP contribution in [0.25, 0.3) is 15.5 Å². The van der Waals surface area contributed by atoms with Gasteiger partial charge in [-0.2, -0.15) is 0 Å². The molecule has 0 saturated heterocycles. The van der Waals surface area contributed by atoms with Gasteiger partial charge in [-0.05, 0) is 0 Å². The number of hydrogen-bond donors (Lipinski definition) is 0. The Morgan fingerprint density at radius 3 is 2.03 bits per heavy atom. The van der Waals surface area contributed by atoms with E-state index in [1.165, 1.54) is 48.7 Å². The third-order valence-corrected chi connectivity index (χ3v) is 7.79. The molecule has 0 amide bonds. The first-order chi connectivity index (χ1) is 13.0. The average molecular weight is 603 g/mol. The second-order valence-corrected chi connectivity index (χ2v) is 11.9. The third-order valence-electron chi connectivity index (χ3n) is 6.00. The molecule has 0 unspecified atom stereocenters. The molecule has 2 aromatic rings. The number of rotatable bonds is 1. The van der Waals surface area contributed by atoms with Crippen molar-refractivity contribution in [3.63, 3.8) is 0 Å². The first kappa shape index (κ1) is 25.4. The molecule has 155 valence electrons. The molecule has 0 heterocycles. The van der Waals surface area contributed by atoms with E-state index in [1.54, 1.807) is 3.33 Å². The minimum Gasteiger partial charge on any atom is -1.00 e. The molecule has 0 bridgehead atoms. The molecule has 0 fully saturated rings. The fourth-order valence-electron chi connectivity index (χ4n) is 4.65. The van der Waals surface area contributed by atoms with Crippen molar-refractivity contribution < 1.29 is 49.2 Å². The van der Waals surface area contributed by atoms with Crippen molar-refractivity contribution >= 4 is 15.5 Å². The largest absolute Gasteiger partial charge is 1.00 e. The summed E-state index contributed by atoms with van der Waals surface area (Å²) in [6.07, 6.45) is 7.76. The van der Waals surface area contributed by atoms with Crippen LogP contribution in [0.3, 0.4) is 0 Å². The Morgan fingerprint density at radius 1 is 0.867 bits per heavy atom. The van der Waals surface area contributed by atoms with Crippen LogP contribution in [0.15, 0.2) is 42.5 Å². The van der Waals surface area contributed by atoms with Crippen molar-refractivity contribution in [1.82, 2.24) is 0 Å². The summed E-state index contributed by atoms with van der Waals surface area (Å²) in [6.45, 7) is 18.5. The second-order valence-electron chi connectivity index (χ2n) is 10.1. The van der Waals surface area contributed by atoms with E-state index in [4.69, 9.17) is 0 Å². The molecule has 4 rings (SSSR count). The van der Waals surface area contributed by atoms with Crippen LogP contribution in [0.1, 0.15) is 70.2 Å². The molecule has 0 saturated carbocycles. The monoisotopic (exact) mass is 603 g/mol. The zero-order chi connectivity index (χ0) is 20.4. The minimum absolute atomic E-state index is 0. The zero-order valence-electron chi connectivity index (χ0n) is 18.7. The van der Waals surface area contributed by atoms with E-state index in [9.17, 15) is 0 Å². The molecule has 0 radical (unpaired) electrons. The Hall–Kier alpha value is -0.890. The summed E-state index contributed by atoms with van der Waals surface area (Å²) >= 11 is 1.03. The van der Waals surface area contributed by atoms with Crippen molar-refractivity contribution in [1.29, 1.82) is 0 Å². The van der Waals surface area contributed by atoms with Gasteiger partial charge in [0.15, 0.2) is 0 Å². The van der Waals surface area contributed by atoms with Gasteiger partial charge in [0, 0.05) is 0 Å². The third kappa shape index (κ3) is 3.98. The van der Waals surface area contributed by atoms with Gasteiger partial charge in [0.2, 0.25) is 0 Å². The van der Waals surface area contributed by atoms with E-state index >= 15 is 0 Å². The molecule has 0 nitrogen and oxygen atoms in total. The summed E-state index contributed by atoms with van der Waals surface area (Å²) < 4.78 is 1.55. The first-order valence-corrected chi connectivity index (χ1v) is 11.9. The Bertz CT molecular complexity index is 1270. The number of hydrogen-bond acceptors (Lipinski definition) is 0. The molecular formula is C27H29Cl2Hf. The van der Waals surface area contributed by atoms with Gasteiger partial charge >= 0.3 is 184 Å². The first-order valence-electron chi connectivity index (χ1n) is 10.1. The Morgan fingerprint density at radius 2 is 1.50 bits per heavy atom. The fraction of sp³-hybridized carbons (Fsp3) is 0.333. The SMILES string of the molecule is C=c1c(C(C)(C)C)cc2c(c1C1=CC=CC1)[C]([Hf+2])=c1c(C(C)(C)C)cccc1=2.[Cl-].[Cl-]. The number of halogens is 2. The molecule has 0 aliphatic heterocycles. The van der Waals surface area contributed by atoms with Gasteiger partial charge in [0.1, 0.15) is 0 Å². The Kier molecular flexibility index (Phi) is 7.24. The topological polar surface area (TPSA) is 0 Å². The summed E-state index contributed by atoms with van der Waals surface area (Å²) in [5.41, 5.74) is 7.34. The maximum absolute atomic E-state index is 4.61. The van der Waals surface area contributed by atoms with Crippen LogP contribution < -0.4 is 35.3 Å². The fourth-order valence-corrected chi connectivity index (χ4v) is 6.55. The predicted octanol–water partition coefficient (Wildman–Crippen LogP) is -0.653. The van der Waals surface area contributed by atoms with E-state index < -0.39 is 0 Å². The summed E-state index contributed by atoms with van der Waals surface area (Å²) in [4.78, 5) is 0. The molecule has 0 aromatic heterocycles. The van der Waals surface area contributed by atoms with E-state index in [2.05, 4.69) is 90.6 Å². The van der Waals surface area contributed by atoms with Crippen molar-refractivity contribution in [2.24, 2.45) is 0 Å². The van der Waals surface area contributed by atoms with Crippen LogP contribution in [-0.2, 0) is 35.2 Å². The zero-order valence-corrected chi connectivity index (χ0v) is 23.8. The molecule has 2 aromatic carbocycles. The summed E-state index contributed by atoms with van der Waals surface area (Å²) in [5, 5.41) is 5.56. The standard InChI is InChI=1S/C27H29.2ClH.Hf/c1-17-24(27(5,6)7)16-20-19-13-10-14-23(26(2,3)4)21(19)15-22(20)25(17)18-11-8-9-12-18;;;/h8-11,13-14,16H,1,12H2,2-7H3;2*1H;/q;;;+2/p-2. The Labute approximate surface area is 208 Å². The predicted molar refractivity (Wildman–Crippen MR) is 117 cm³/mol. The van der Waals surface area contributed by atoms with Crippen molar-refractivity contribution in [2.75, 3.05) is 0 Å². The van der Waals surface area contributed by atoms with E-state index in [0.717, 1.165) is 30.8 Å². The van der Waals surface area contributed by atoms with E-state index in [0.29, 0.717) is 0 Å². The van der Waals surface area contributed by atoms with Crippen LogP contribution in [-0.4, -0.2) is 0 Å². The van der Waals surface area contributed by atoms with Crippen molar-refractivity contribution in [2.45, 2.75) is 58.8 Å².